The van der Waals surface area contributed by atoms with Crippen molar-refractivity contribution in [1.29, 1.82) is 0 Å². The molecule has 0 saturated carbocycles. The number of hydrogen-bond acceptors (Lipinski definition) is 15. The van der Waals surface area contributed by atoms with Crippen LogP contribution < -0.4 is 25.3 Å². The summed E-state index contributed by atoms with van der Waals surface area (Å²) in [6.45, 7) is 10.7. The Bertz CT molecular complexity index is 2530. The summed E-state index contributed by atoms with van der Waals surface area (Å²) in [5, 5.41) is 58.9. The number of amides is 1. The number of allylic oxidation sites excluding steroid dienone is 2. The fourth-order valence-electron chi connectivity index (χ4n) is 8.32. The van der Waals surface area contributed by atoms with Crippen molar-refractivity contribution >= 4 is 50.6 Å². The molecular formula is C44H52N4O12. The summed E-state index contributed by atoms with van der Waals surface area (Å²) >= 11 is 0. The number of nitrogens with zero attached hydrogens (tertiary/aromatic N) is 3. The number of benzene rings is 3. The van der Waals surface area contributed by atoms with Crippen LogP contribution >= 0.6 is 0 Å². The first-order valence-electron chi connectivity index (χ1n) is 19.9. The molecule has 16 nitrogen and oxygen atoms in total. The van der Waals surface area contributed by atoms with Gasteiger partial charge in [0.1, 0.15) is 34.3 Å². The van der Waals surface area contributed by atoms with E-state index in [2.05, 4.69) is 5.32 Å². The minimum Gasteiger partial charge on any atom is -0.507 e. The molecule has 4 bridgehead atoms. The number of nitrogens with one attached hydrogen (secondary N) is 1. The van der Waals surface area contributed by atoms with E-state index in [0.29, 0.717) is 24.5 Å². The Kier molecular flexibility index (Phi) is 11.1. The fraction of sp³-hybridized carbons (Fsp3) is 0.455. The van der Waals surface area contributed by atoms with E-state index < -0.39 is 70.8 Å². The van der Waals surface area contributed by atoms with Gasteiger partial charge >= 0.3 is 5.79 Å². The van der Waals surface area contributed by atoms with Gasteiger partial charge < -0.3 is 59.3 Å². The first-order valence-corrected chi connectivity index (χ1v) is 19.9. The number of aromatic hydroxyl groups is 2. The van der Waals surface area contributed by atoms with Crippen LogP contribution in [0, 0.1) is 24.7 Å². The summed E-state index contributed by atoms with van der Waals surface area (Å²) in [5.74, 6) is -6.43. The molecule has 4 heterocycles. The molecule has 4 aliphatic heterocycles. The molecule has 0 fully saturated rings. The fourth-order valence-corrected chi connectivity index (χ4v) is 8.32. The largest absolute Gasteiger partial charge is 0.507 e. The number of phenols is 2. The number of Topliss-reactive ketones (excluding diaryl/α,β-unsaturated/α-hetero) is 1. The highest BCUT2D eigenvalue weighted by molar-refractivity contribution is 6.22. The standard InChI is InChI=1S/C44H52N4O12/c1-19-11-10-12-20(2)43(56)46-33-38(54)29-28(32-40(33)59-41-31(45-32)27(50)18-25-34(41)48(8)15-14-47(25)7)30-39(23(5)37(29)53)60-44(6,42(30)55)58-16-13-24(57-9)17-26(49)21(3)36(52)22(4)35(19)51/h10-13,16,18-19,21-22,24,26,35-36,49-53H,14-15,17H2,1-9H3,(H,46,56)/b11-10+,16-13+,20-12-/t19-,21-,22+,24-,26+,35-,36-,44-/m0/s1. The Morgan fingerprint density at radius 2 is 1.67 bits per heavy atom. The molecule has 1 aliphatic carbocycles. The van der Waals surface area contributed by atoms with Crippen LogP contribution in [0.1, 0.15) is 57.0 Å². The zero-order valence-corrected chi connectivity index (χ0v) is 35.1. The minimum atomic E-state index is -2.04. The van der Waals surface area contributed by atoms with E-state index in [4.69, 9.17) is 23.6 Å². The van der Waals surface area contributed by atoms with E-state index in [1.54, 1.807) is 39.0 Å². The van der Waals surface area contributed by atoms with Crippen molar-refractivity contribution < 1.29 is 53.7 Å². The van der Waals surface area contributed by atoms with Crippen LogP contribution in [0.15, 0.2) is 51.4 Å². The van der Waals surface area contributed by atoms with E-state index in [1.807, 2.05) is 23.9 Å². The van der Waals surface area contributed by atoms with Gasteiger partial charge in [0.2, 0.25) is 5.43 Å². The second-order valence-electron chi connectivity index (χ2n) is 16.5. The number of rotatable bonds is 1. The van der Waals surface area contributed by atoms with Gasteiger partial charge in [-0.1, -0.05) is 39.0 Å². The highest BCUT2D eigenvalue weighted by Crippen LogP contribution is 2.52. The lowest BCUT2D eigenvalue weighted by Gasteiger charge is -2.35. The van der Waals surface area contributed by atoms with E-state index in [0.717, 1.165) is 0 Å². The third-order valence-corrected chi connectivity index (χ3v) is 12.4. The lowest BCUT2D eigenvalue weighted by molar-refractivity contribution is -0.112. The molecule has 1 amide bonds. The number of fused-ring (bicyclic) bond motifs is 4. The van der Waals surface area contributed by atoms with Crippen molar-refractivity contribution in [3.05, 3.63) is 63.6 Å². The van der Waals surface area contributed by atoms with Crippen molar-refractivity contribution in [1.82, 2.24) is 4.98 Å². The number of carbonyl (C=O) groups excluding carboxylic acids is 2. The van der Waals surface area contributed by atoms with Crippen LogP contribution in [0.25, 0.3) is 33.3 Å². The van der Waals surface area contributed by atoms with Gasteiger partial charge in [0.25, 0.3) is 11.7 Å². The number of hydrogen-bond donors (Lipinski definition) is 6. The average Bonchev–Trinajstić information content (AvgIpc) is 3.48. The number of carbonyl (C=O) groups is 2. The Morgan fingerprint density at radius 3 is 2.37 bits per heavy atom. The van der Waals surface area contributed by atoms with Gasteiger partial charge in [-0.25, -0.2) is 4.98 Å². The van der Waals surface area contributed by atoms with Gasteiger partial charge in [0, 0.05) is 88.0 Å². The van der Waals surface area contributed by atoms with Crippen LogP contribution in [0.2, 0.25) is 0 Å². The lowest BCUT2D eigenvalue weighted by atomic mass is 9.81. The van der Waals surface area contributed by atoms with E-state index in [9.17, 15) is 39.9 Å². The number of likely N-dealkylation sites (N-methyl/N-ethyl adjacent to an activating group) is 2. The van der Waals surface area contributed by atoms with Crippen molar-refractivity contribution in [2.45, 2.75) is 78.2 Å². The molecule has 2 aromatic carbocycles. The maximum absolute atomic E-state index is 14.8. The molecule has 8 atom stereocenters. The summed E-state index contributed by atoms with van der Waals surface area (Å²) in [6.07, 6.45) is 3.46. The Hall–Kier alpha value is -5.68. The smallest absolute Gasteiger partial charge is 0.312 e. The maximum atomic E-state index is 14.8. The van der Waals surface area contributed by atoms with Crippen LogP contribution in [-0.4, -0.2) is 107 Å². The van der Waals surface area contributed by atoms with E-state index in [-0.39, 0.29) is 73.6 Å². The monoisotopic (exact) mass is 828 g/mol. The molecule has 60 heavy (non-hydrogen) atoms. The van der Waals surface area contributed by atoms with Crippen molar-refractivity contribution in [2.75, 3.05) is 49.4 Å². The van der Waals surface area contributed by atoms with Gasteiger partial charge in [0.15, 0.2) is 16.9 Å². The van der Waals surface area contributed by atoms with Gasteiger partial charge in [0.05, 0.1) is 47.3 Å². The SMILES string of the molecule is CO[C@H]1/C=C/O[C@@]2(C)Oc3c(C)c(O)c4c(=O)c(c5oc6c7c(cc(O)c6nc-5c4c3C2=O)N(C)CCN7C)NC(=O)/C(C)=C\C=C\[C@H](C)[C@H](O)[C@@H](C)[C@@H](O)[C@@H](C)[C@H](O)C1. The third-order valence-electron chi connectivity index (χ3n) is 12.4. The molecule has 5 aliphatic rings. The molecule has 0 spiro atoms. The molecule has 7 rings (SSSR count). The Balaban J connectivity index is 1.49. The predicted octanol–water partition coefficient (Wildman–Crippen LogP) is 4.72. The van der Waals surface area contributed by atoms with E-state index >= 15 is 0 Å². The predicted molar refractivity (Wildman–Crippen MR) is 225 cm³/mol. The highest BCUT2D eigenvalue weighted by atomic mass is 16.7. The Morgan fingerprint density at radius 1 is 0.967 bits per heavy atom. The molecule has 0 aromatic heterocycles. The number of aliphatic hydroxyl groups excluding tert-OH is 3. The van der Waals surface area contributed by atoms with E-state index in [1.165, 1.54) is 46.3 Å². The maximum Gasteiger partial charge on any atom is 0.312 e. The number of phenolic OH excluding ortho intramolecular Hbond substituents is 2. The van der Waals surface area contributed by atoms with Gasteiger partial charge in [-0.3, -0.25) is 14.4 Å². The summed E-state index contributed by atoms with van der Waals surface area (Å²) in [6, 6.07) is 1.55. The van der Waals surface area contributed by atoms with Crippen LogP contribution in [0.4, 0.5) is 17.1 Å². The number of ketones is 1. The number of aromatic nitrogens is 1. The summed E-state index contributed by atoms with van der Waals surface area (Å²) in [4.78, 5) is 52.0. The second kappa shape index (κ2) is 15.7. The molecule has 6 N–H and O–H groups in total. The lowest BCUT2D eigenvalue weighted by Crippen LogP contribution is -2.42. The molecule has 2 aromatic rings. The minimum absolute atomic E-state index is 0.00243. The number of aliphatic hydroxyl groups is 3. The summed E-state index contributed by atoms with van der Waals surface area (Å²) in [7, 11) is 5.13. The molecular weight excluding hydrogens is 776 g/mol. The van der Waals surface area contributed by atoms with Crippen molar-refractivity contribution in [2.24, 2.45) is 17.8 Å². The molecule has 0 unspecified atom stereocenters. The van der Waals surface area contributed by atoms with Gasteiger partial charge in [-0.15, -0.1) is 0 Å². The molecule has 0 saturated heterocycles. The number of ether oxygens (including phenoxy) is 3. The zero-order chi connectivity index (χ0) is 43.7. The molecule has 320 valence electrons. The van der Waals surface area contributed by atoms with Gasteiger partial charge in [-0.2, -0.15) is 0 Å². The summed E-state index contributed by atoms with van der Waals surface area (Å²) in [5.41, 5.74) is -0.0300. The first kappa shape index (κ1) is 42.4. The highest BCUT2D eigenvalue weighted by Gasteiger charge is 2.50. The Labute approximate surface area is 346 Å². The van der Waals surface area contributed by atoms with Crippen LogP contribution in [0.3, 0.4) is 0 Å². The second-order valence-corrected chi connectivity index (χ2v) is 16.5. The topological polar surface area (TPSA) is 225 Å². The average molecular weight is 829 g/mol. The van der Waals surface area contributed by atoms with Gasteiger partial charge in [-0.05, 0) is 19.9 Å². The number of methoxy groups -OCH3 is 1. The summed E-state index contributed by atoms with van der Waals surface area (Å²) < 4.78 is 24.3. The van der Waals surface area contributed by atoms with Crippen LogP contribution in [0.5, 0.6) is 17.2 Å². The zero-order valence-electron chi connectivity index (χ0n) is 35.1. The third kappa shape index (κ3) is 6.90. The molecule has 0 radical (unpaired) electrons. The number of anilines is 3. The van der Waals surface area contributed by atoms with Crippen molar-refractivity contribution in [3.8, 4) is 28.7 Å². The van der Waals surface area contributed by atoms with Crippen LogP contribution in [-0.2, 0) is 14.3 Å². The van der Waals surface area contributed by atoms with Crippen molar-refractivity contribution in [3.63, 3.8) is 0 Å². The molecule has 16 heteroatoms. The first-order chi connectivity index (χ1) is 28.3. The quantitative estimate of drug-likeness (QED) is 0.113. The normalized spacial score (nSPS) is 29.9.